The molecule has 2 aromatic carbocycles. The summed E-state index contributed by atoms with van der Waals surface area (Å²) >= 11 is 0. The number of rotatable bonds is 7. The summed E-state index contributed by atoms with van der Waals surface area (Å²) in [4.78, 5) is 0. The molecule has 2 rings (SSSR count). The second kappa shape index (κ2) is 6.67. The van der Waals surface area contributed by atoms with Crippen LogP contribution in [0.4, 0.5) is 5.69 Å². The van der Waals surface area contributed by atoms with Crippen LogP contribution >= 0.6 is 0 Å². The lowest BCUT2D eigenvalue weighted by Crippen LogP contribution is -2.29. The minimum atomic E-state index is -3.41. The maximum absolute atomic E-state index is 12.3. The van der Waals surface area contributed by atoms with E-state index in [-0.39, 0.29) is 5.75 Å². The quantitative estimate of drug-likeness (QED) is 0.844. The van der Waals surface area contributed by atoms with Crippen LogP contribution in [0.2, 0.25) is 0 Å². The van der Waals surface area contributed by atoms with Gasteiger partial charge in [0.1, 0.15) is 0 Å². The molecule has 0 radical (unpaired) electrons. The van der Waals surface area contributed by atoms with Crippen molar-refractivity contribution in [3.63, 3.8) is 0 Å². The van der Waals surface area contributed by atoms with Crippen LogP contribution in [0.1, 0.15) is 27.2 Å². The highest BCUT2D eigenvalue weighted by Crippen LogP contribution is 2.24. The lowest BCUT2D eigenvalue weighted by Gasteiger charge is -2.24. The summed E-state index contributed by atoms with van der Waals surface area (Å²) in [5, 5.41) is 1.91. The first kappa shape index (κ1) is 16.8. The van der Waals surface area contributed by atoms with E-state index in [0.717, 1.165) is 10.8 Å². The molecular weight excluding hydrogens is 298 g/mol. The van der Waals surface area contributed by atoms with Gasteiger partial charge in [0.05, 0.1) is 17.0 Å². The van der Waals surface area contributed by atoms with E-state index in [1.165, 1.54) is 0 Å². The molecule has 0 saturated heterocycles. The maximum atomic E-state index is 12.3. The van der Waals surface area contributed by atoms with E-state index in [4.69, 9.17) is 4.74 Å². The number of anilines is 1. The van der Waals surface area contributed by atoms with Crippen LogP contribution in [-0.2, 0) is 14.8 Å². The first-order chi connectivity index (χ1) is 10.3. The summed E-state index contributed by atoms with van der Waals surface area (Å²) in [7, 11) is -3.41. The summed E-state index contributed by atoms with van der Waals surface area (Å²) < 4.78 is 32.9. The average molecular weight is 321 g/mol. The number of nitrogens with one attached hydrogen (secondary N) is 1. The van der Waals surface area contributed by atoms with Crippen molar-refractivity contribution in [2.75, 3.05) is 17.1 Å². The fourth-order valence-corrected chi connectivity index (χ4v) is 3.75. The molecule has 0 aromatic heterocycles. The van der Waals surface area contributed by atoms with Crippen molar-refractivity contribution in [1.29, 1.82) is 0 Å². The molecule has 0 saturated carbocycles. The first-order valence-electron chi connectivity index (χ1n) is 7.45. The standard InChI is InChI=1S/C17H23NO3S/c1-4-21-17(2,3)12-13-22(19,20)18-16-11-7-9-14-8-5-6-10-15(14)16/h5-11,18H,4,12-13H2,1-3H3. The summed E-state index contributed by atoms with van der Waals surface area (Å²) in [6, 6.07) is 13.3. The molecule has 0 unspecified atom stereocenters. The van der Waals surface area contributed by atoms with Crippen molar-refractivity contribution < 1.29 is 13.2 Å². The predicted molar refractivity (Wildman–Crippen MR) is 91.7 cm³/mol. The second-order valence-electron chi connectivity index (χ2n) is 5.89. The zero-order valence-corrected chi connectivity index (χ0v) is 14.1. The lowest BCUT2D eigenvalue weighted by molar-refractivity contribution is -0.0118. The SMILES string of the molecule is CCOC(C)(C)CCS(=O)(=O)Nc1cccc2ccccc12. The third-order valence-corrected chi connectivity index (χ3v) is 4.84. The lowest BCUT2D eigenvalue weighted by atomic mass is 10.1. The number of benzene rings is 2. The molecule has 0 aliphatic rings. The minimum absolute atomic E-state index is 0.0310. The van der Waals surface area contributed by atoms with Crippen LogP contribution in [0.15, 0.2) is 42.5 Å². The van der Waals surface area contributed by atoms with Crippen molar-refractivity contribution in [3.8, 4) is 0 Å². The summed E-state index contributed by atoms with van der Waals surface area (Å²) in [5.74, 6) is 0.0310. The molecule has 1 N–H and O–H groups in total. The monoisotopic (exact) mass is 321 g/mol. The third-order valence-electron chi connectivity index (χ3n) is 3.56. The van der Waals surface area contributed by atoms with Gasteiger partial charge < -0.3 is 4.74 Å². The van der Waals surface area contributed by atoms with Gasteiger partial charge in [0.25, 0.3) is 0 Å². The molecule has 0 heterocycles. The summed E-state index contributed by atoms with van der Waals surface area (Å²) in [5.41, 5.74) is 0.176. The van der Waals surface area contributed by atoms with Gasteiger partial charge in [0.2, 0.25) is 10.0 Å². The summed E-state index contributed by atoms with van der Waals surface area (Å²) in [6.45, 7) is 6.29. The van der Waals surface area contributed by atoms with Gasteiger partial charge in [-0.15, -0.1) is 0 Å². The summed E-state index contributed by atoms with van der Waals surface area (Å²) in [6.07, 6.45) is 0.445. The van der Waals surface area contributed by atoms with Crippen LogP contribution in [0, 0.1) is 0 Å². The Morgan fingerprint density at radius 3 is 2.50 bits per heavy atom. The Bertz CT molecular complexity index is 733. The van der Waals surface area contributed by atoms with E-state index in [1.807, 2.05) is 57.2 Å². The highest BCUT2D eigenvalue weighted by atomic mass is 32.2. The smallest absolute Gasteiger partial charge is 0.232 e. The number of hydrogen-bond acceptors (Lipinski definition) is 3. The Morgan fingerprint density at radius 2 is 1.77 bits per heavy atom. The molecule has 0 aliphatic heterocycles. The fourth-order valence-electron chi connectivity index (χ4n) is 2.38. The molecule has 0 amide bonds. The van der Waals surface area contributed by atoms with E-state index in [2.05, 4.69) is 4.72 Å². The number of fused-ring (bicyclic) bond motifs is 1. The van der Waals surface area contributed by atoms with Gasteiger partial charge in [-0.2, -0.15) is 0 Å². The first-order valence-corrected chi connectivity index (χ1v) is 9.10. The molecule has 0 fully saturated rings. The van der Waals surface area contributed by atoms with Crippen molar-refractivity contribution in [3.05, 3.63) is 42.5 Å². The Morgan fingerprint density at radius 1 is 1.09 bits per heavy atom. The van der Waals surface area contributed by atoms with Crippen molar-refractivity contribution in [1.82, 2.24) is 0 Å². The van der Waals surface area contributed by atoms with E-state index in [0.29, 0.717) is 18.7 Å². The van der Waals surface area contributed by atoms with Gasteiger partial charge in [-0.1, -0.05) is 36.4 Å². The highest BCUT2D eigenvalue weighted by molar-refractivity contribution is 7.92. The number of ether oxygens (including phenoxy) is 1. The zero-order chi connectivity index (χ0) is 16.2. The highest BCUT2D eigenvalue weighted by Gasteiger charge is 2.22. The van der Waals surface area contributed by atoms with Gasteiger partial charge >= 0.3 is 0 Å². The van der Waals surface area contributed by atoms with E-state index in [9.17, 15) is 8.42 Å². The van der Waals surface area contributed by atoms with Crippen LogP contribution in [0.5, 0.6) is 0 Å². The van der Waals surface area contributed by atoms with E-state index >= 15 is 0 Å². The normalized spacial score (nSPS) is 12.5. The number of sulfonamides is 1. The van der Waals surface area contributed by atoms with Gasteiger partial charge in [0.15, 0.2) is 0 Å². The Labute approximate surface area is 132 Å². The van der Waals surface area contributed by atoms with Crippen LogP contribution in [-0.4, -0.2) is 26.4 Å². The van der Waals surface area contributed by atoms with Gasteiger partial charge in [-0.25, -0.2) is 8.42 Å². The predicted octanol–water partition coefficient (Wildman–Crippen LogP) is 3.79. The zero-order valence-electron chi connectivity index (χ0n) is 13.3. The number of hydrogen-bond donors (Lipinski definition) is 1. The van der Waals surface area contributed by atoms with Crippen molar-refractivity contribution in [2.45, 2.75) is 32.8 Å². The second-order valence-corrected chi connectivity index (χ2v) is 7.73. The topological polar surface area (TPSA) is 55.4 Å². The minimum Gasteiger partial charge on any atom is -0.376 e. The molecule has 4 nitrogen and oxygen atoms in total. The Hall–Kier alpha value is -1.59. The third kappa shape index (κ3) is 4.45. The molecule has 0 aliphatic carbocycles. The average Bonchev–Trinajstić information content (AvgIpc) is 2.46. The van der Waals surface area contributed by atoms with Gasteiger partial charge in [-0.05, 0) is 38.6 Å². The molecule has 120 valence electrons. The maximum Gasteiger partial charge on any atom is 0.232 e. The van der Waals surface area contributed by atoms with Crippen LogP contribution in [0.3, 0.4) is 0 Å². The van der Waals surface area contributed by atoms with Crippen LogP contribution in [0.25, 0.3) is 10.8 Å². The molecule has 0 bridgehead atoms. The molecule has 2 aromatic rings. The van der Waals surface area contributed by atoms with Gasteiger partial charge in [-0.3, -0.25) is 4.72 Å². The van der Waals surface area contributed by atoms with Gasteiger partial charge in [0, 0.05) is 12.0 Å². The molecule has 22 heavy (non-hydrogen) atoms. The Balaban J connectivity index is 2.14. The van der Waals surface area contributed by atoms with Crippen molar-refractivity contribution >= 4 is 26.5 Å². The Kier molecular flexibility index (Phi) is 5.08. The molecular formula is C17H23NO3S. The molecule has 0 spiro atoms. The van der Waals surface area contributed by atoms with E-state index in [1.54, 1.807) is 6.07 Å². The van der Waals surface area contributed by atoms with Crippen LogP contribution < -0.4 is 4.72 Å². The van der Waals surface area contributed by atoms with Crippen molar-refractivity contribution in [2.24, 2.45) is 0 Å². The molecule has 0 atom stereocenters. The fraction of sp³-hybridized carbons (Fsp3) is 0.412. The largest absolute Gasteiger partial charge is 0.376 e. The molecule has 5 heteroatoms. The van der Waals surface area contributed by atoms with E-state index < -0.39 is 15.6 Å².